The summed E-state index contributed by atoms with van der Waals surface area (Å²) in [6.07, 6.45) is 0.454. The number of carbonyl (C=O) groups is 1. The van der Waals surface area contributed by atoms with Gasteiger partial charge in [-0.15, -0.1) is 11.6 Å². The van der Waals surface area contributed by atoms with Crippen molar-refractivity contribution >= 4 is 39.1 Å². The molecule has 2 rings (SSSR count). The average molecular weight is 305 g/mol. The Hall–Kier alpha value is -0.740. The first-order valence-electron chi connectivity index (χ1n) is 4.97. The molecule has 1 amide bonds. The second-order valence-electron chi connectivity index (χ2n) is 3.84. The van der Waals surface area contributed by atoms with Crippen LogP contribution >= 0.6 is 27.5 Å². The second kappa shape index (κ2) is 4.63. The summed E-state index contributed by atoms with van der Waals surface area (Å²) in [5, 5.41) is 9.86. The van der Waals surface area contributed by atoms with E-state index in [0.29, 0.717) is 29.0 Å². The highest BCUT2D eigenvalue weighted by atomic mass is 79.9. The Morgan fingerprint density at radius 1 is 1.56 bits per heavy atom. The minimum absolute atomic E-state index is 0.0130. The van der Waals surface area contributed by atoms with E-state index in [1.807, 2.05) is 0 Å². The topological polar surface area (TPSA) is 40.5 Å². The Bertz CT molecular complexity index is 424. The number of carbonyl (C=O) groups excluding carboxylic acids is 1. The predicted octanol–water partition coefficient (Wildman–Crippen LogP) is 2.75. The largest absolute Gasteiger partial charge is 0.505 e. The molecular formula is C11H11BrClNO2. The van der Waals surface area contributed by atoms with Crippen LogP contribution in [0.4, 0.5) is 5.69 Å². The second-order valence-corrected chi connectivity index (χ2v) is 5.00. The molecule has 0 saturated carbocycles. The molecule has 1 saturated heterocycles. The van der Waals surface area contributed by atoms with Gasteiger partial charge in [-0.3, -0.25) is 4.79 Å². The molecule has 16 heavy (non-hydrogen) atoms. The summed E-state index contributed by atoms with van der Waals surface area (Å²) in [5.74, 6) is 0.759. The van der Waals surface area contributed by atoms with E-state index in [1.165, 1.54) is 0 Å². The normalized spacial score (nSPS) is 20.5. The number of alkyl halides is 1. The molecule has 0 radical (unpaired) electrons. The summed E-state index contributed by atoms with van der Waals surface area (Å²) < 4.78 is 0.590. The molecule has 0 aliphatic carbocycles. The van der Waals surface area contributed by atoms with Crippen LogP contribution in [0.2, 0.25) is 0 Å². The first kappa shape index (κ1) is 11.7. The number of benzene rings is 1. The smallest absolute Gasteiger partial charge is 0.227 e. The number of halogens is 2. The van der Waals surface area contributed by atoms with E-state index in [1.54, 1.807) is 23.1 Å². The van der Waals surface area contributed by atoms with Crippen molar-refractivity contribution < 1.29 is 9.90 Å². The fraction of sp³-hybridized carbons (Fsp3) is 0.364. The Balaban J connectivity index is 2.31. The lowest BCUT2D eigenvalue weighted by Gasteiger charge is -2.18. The maximum atomic E-state index is 11.7. The van der Waals surface area contributed by atoms with Gasteiger partial charge in [0.2, 0.25) is 5.91 Å². The van der Waals surface area contributed by atoms with Crippen LogP contribution in [0.3, 0.4) is 0 Å². The SMILES string of the molecule is O=C1CC(CCl)CN1c1cccc(Br)c1O. The zero-order chi connectivity index (χ0) is 11.7. The maximum Gasteiger partial charge on any atom is 0.227 e. The molecule has 1 aromatic carbocycles. The predicted molar refractivity (Wildman–Crippen MR) is 67.0 cm³/mol. The minimum atomic E-state index is 0.0130. The van der Waals surface area contributed by atoms with Gasteiger partial charge >= 0.3 is 0 Å². The zero-order valence-electron chi connectivity index (χ0n) is 8.49. The number of hydrogen-bond acceptors (Lipinski definition) is 2. The summed E-state index contributed by atoms with van der Waals surface area (Å²) in [7, 11) is 0. The van der Waals surface area contributed by atoms with E-state index in [-0.39, 0.29) is 17.6 Å². The Labute approximate surface area is 107 Å². The number of phenolic OH excluding ortho intramolecular Hbond substituents is 1. The van der Waals surface area contributed by atoms with Crippen LogP contribution in [-0.2, 0) is 4.79 Å². The van der Waals surface area contributed by atoms with Gasteiger partial charge in [-0.05, 0) is 34.0 Å². The van der Waals surface area contributed by atoms with Gasteiger partial charge in [-0.2, -0.15) is 0 Å². The maximum absolute atomic E-state index is 11.7. The van der Waals surface area contributed by atoms with Crippen molar-refractivity contribution in [2.45, 2.75) is 6.42 Å². The van der Waals surface area contributed by atoms with Crippen LogP contribution in [0, 0.1) is 5.92 Å². The molecule has 0 aromatic heterocycles. The molecule has 1 heterocycles. The van der Waals surface area contributed by atoms with E-state index >= 15 is 0 Å². The monoisotopic (exact) mass is 303 g/mol. The molecule has 1 N–H and O–H groups in total. The highest BCUT2D eigenvalue weighted by Crippen LogP contribution is 2.37. The summed E-state index contributed by atoms with van der Waals surface area (Å²) in [6.45, 7) is 0.576. The number of aromatic hydroxyl groups is 1. The number of hydrogen-bond donors (Lipinski definition) is 1. The molecule has 1 unspecified atom stereocenters. The number of nitrogens with zero attached hydrogens (tertiary/aromatic N) is 1. The van der Waals surface area contributed by atoms with E-state index in [2.05, 4.69) is 15.9 Å². The van der Waals surface area contributed by atoms with Crippen molar-refractivity contribution in [1.82, 2.24) is 0 Å². The van der Waals surface area contributed by atoms with Crippen LogP contribution in [0.1, 0.15) is 6.42 Å². The first-order valence-corrected chi connectivity index (χ1v) is 6.30. The molecular weight excluding hydrogens is 293 g/mol. The van der Waals surface area contributed by atoms with Gasteiger partial charge in [0, 0.05) is 18.8 Å². The van der Waals surface area contributed by atoms with Gasteiger partial charge < -0.3 is 10.0 Å². The van der Waals surface area contributed by atoms with Crippen molar-refractivity contribution in [2.24, 2.45) is 5.92 Å². The molecule has 0 spiro atoms. The fourth-order valence-corrected chi connectivity index (χ4v) is 2.40. The standard InChI is InChI=1S/C11H11BrClNO2/c12-8-2-1-3-9(11(8)16)14-6-7(5-13)4-10(14)15/h1-3,7,16H,4-6H2. The number of rotatable bonds is 2. The third-order valence-corrected chi connectivity index (χ3v) is 3.76. The average Bonchev–Trinajstić information content (AvgIpc) is 2.64. The van der Waals surface area contributed by atoms with E-state index in [9.17, 15) is 9.90 Å². The van der Waals surface area contributed by atoms with Crippen LogP contribution < -0.4 is 4.90 Å². The number of amides is 1. The summed E-state index contributed by atoms with van der Waals surface area (Å²) in [4.78, 5) is 13.3. The van der Waals surface area contributed by atoms with Crippen LogP contribution in [0.15, 0.2) is 22.7 Å². The summed E-state index contributed by atoms with van der Waals surface area (Å²) >= 11 is 8.98. The molecule has 3 nitrogen and oxygen atoms in total. The van der Waals surface area contributed by atoms with Gasteiger partial charge in [0.15, 0.2) is 5.75 Å². The zero-order valence-corrected chi connectivity index (χ0v) is 10.8. The lowest BCUT2D eigenvalue weighted by Crippen LogP contribution is -2.24. The third-order valence-electron chi connectivity index (χ3n) is 2.68. The highest BCUT2D eigenvalue weighted by Gasteiger charge is 2.31. The molecule has 86 valence electrons. The Morgan fingerprint density at radius 3 is 2.94 bits per heavy atom. The molecule has 1 aliphatic rings. The summed E-state index contributed by atoms with van der Waals surface area (Å²) in [6, 6.07) is 5.26. The lowest BCUT2D eigenvalue weighted by molar-refractivity contribution is -0.117. The molecule has 5 heteroatoms. The van der Waals surface area contributed by atoms with Crippen molar-refractivity contribution in [3.8, 4) is 5.75 Å². The van der Waals surface area contributed by atoms with E-state index < -0.39 is 0 Å². The Morgan fingerprint density at radius 2 is 2.31 bits per heavy atom. The van der Waals surface area contributed by atoms with E-state index in [0.717, 1.165) is 0 Å². The number of anilines is 1. The minimum Gasteiger partial charge on any atom is -0.505 e. The molecule has 1 fully saturated rings. The first-order chi connectivity index (χ1) is 7.63. The number of para-hydroxylation sites is 1. The van der Waals surface area contributed by atoms with E-state index in [4.69, 9.17) is 11.6 Å². The van der Waals surface area contributed by atoms with Gasteiger partial charge in [0.25, 0.3) is 0 Å². The molecule has 1 aromatic rings. The van der Waals surface area contributed by atoms with Crippen molar-refractivity contribution in [3.05, 3.63) is 22.7 Å². The van der Waals surface area contributed by atoms with Crippen molar-refractivity contribution in [2.75, 3.05) is 17.3 Å². The quantitative estimate of drug-likeness (QED) is 0.854. The summed E-state index contributed by atoms with van der Waals surface area (Å²) in [5.41, 5.74) is 0.548. The van der Waals surface area contributed by atoms with Crippen LogP contribution in [0.5, 0.6) is 5.75 Å². The molecule has 1 aliphatic heterocycles. The van der Waals surface area contributed by atoms with Gasteiger partial charge in [-0.1, -0.05) is 6.07 Å². The fourth-order valence-electron chi connectivity index (χ4n) is 1.84. The lowest BCUT2D eigenvalue weighted by atomic mass is 10.1. The van der Waals surface area contributed by atoms with Crippen molar-refractivity contribution in [1.29, 1.82) is 0 Å². The van der Waals surface area contributed by atoms with Gasteiger partial charge in [-0.25, -0.2) is 0 Å². The van der Waals surface area contributed by atoms with Gasteiger partial charge in [0.1, 0.15) is 0 Å². The Kier molecular flexibility index (Phi) is 3.40. The number of phenols is 1. The molecule has 0 bridgehead atoms. The molecule has 1 atom stereocenters. The van der Waals surface area contributed by atoms with Gasteiger partial charge in [0.05, 0.1) is 10.2 Å². The highest BCUT2D eigenvalue weighted by molar-refractivity contribution is 9.10. The van der Waals surface area contributed by atoms with Crippen LogP contribution in [-0.4, -0.2) is 23.4 Å². The van der Waals surface area contributed by atoms with Crippen LogP contribution in [0.25, 0.3) is 0 Å². The van der Waals surface area contributed by atoms with Crippen molar-refractivity contribution in [3.63, 3.8) is 0 Å². The third kappa shape index (κ3) is 2.04.